The lowest BCUT2D eigenvalue weighted by atomic mass is 9.76. The zero-order chi connectivity index (χ0) is 95.3. The van der Waals surface area contributed by atoms with E-state index >= 15 is 0 Å². The normalized spacial score (nSPS) is 25.4. The average molecular weight is 2440 g/mol. The highest BCUT2D eigenvalue weighted by Gasteiger charge is 2.44. The fraction of sp³-hybridized carbons (Fsp3) is 0.571. The Balaban J connectivity index is 0.000000126. The van der Waals surface area contributed by atoms with Crippen LogP contribution in [0, 0.1) is 71.0 Å². The third-order valence-electron chi connectivity index (χ3n) is 33.2. The number of nitrogens with zero attached hydrogens (tertiary/aromatic N) is 8. The lowest BCUT2D eigenvalue weighted by molar-refractivity contribution is -0.134. The van der Waals surface area contributed by atoms with E-state index in [9.17, 15) is 19.2 Å². The zero-order valence-electron chi connectivity index (χ0n) is 79.3. The molecule has 8 aromatic rings. The van der Waals surface area contributed by atoms with Crippen LogP contribution in [0.1, 0.15) is 321 Å². The van der Waals surface area contributed by atoms with Crippen molar-refractivity contribution in [3.63, 3.8) is 0 Å². The maximum atomic E-state index is 13.1. The number of fused-ring (bicyclic) bond motifs is 8. The SMILES string of the molecule is C[C@@H]1CCCC(CC(=O)N2CCC([C@H]3c4ncc(Br)cc4CCc4cc(Cl)cc(Br)c43)CC2)C1.C[C@@H]1CCCC(CC(=O)N2CCC([C@H]3c4ncc(Br)cc4CCc4cc(Cl)cc(Br)c43)CC2)C1.C[C@H]1CCCC(CC(=O)N2CCC([C@H]3c4ncc(Br)cc4CCc4cc(Cl)cc(Br)c43)CC2)C1.C[C@H]1CCC[C@H](CC(=O)N2CCC([C@H]3c4ncc(Br)cc4CCc4cc(Cl)cc(Br)c43)CC2)C1. The van der Waals surface area contributed by atoms with Gasteiger partial charge in [-0.05, 0) is 428 Å². The van der Waals surface area contributed by atoms with Gasteiger partial charge in [0.15, 0.2) is 0 Å². The van der Waals surface area contributed by atoms with E-state index in [1.807, 2.05) is 49.1 Å². The van der Waals surface area contributed by atoms with Gasteiger partial charge in [-0.3, -0.25) is 39.1 Å². The number of piperidine rings is 4. The number of pyridine rings is 4. The Hall–Kier alpha value is -3.64. The molecule has 4 aromatic heterocycles. The van der Waals surface area contributed by atoms with Crippen LogP contribution in [0.25, 0.3) is 0 Å². The Morgan fingerprint density at radius 1 is 0.272 bits per heavy atom. The number of amides is 4. The van der Waals surface area contributed by atoms with Crippen LogP contribution in [0.2, 0.25) is 20.1 Å². The first kappa shape index (κ1) is 104. The molecule has 4 saturated carbocycles. The summed E-state index contributed by atoms with van der Waals surface area (Å²) in [5, 5.41) is 3.12. The van der Waals surface area contributed by atoms with Crippen molar-refractivity contribution in [3.8, 4) is 0 Å². The maximum absolute atomic E-state index is 13.1. The molecule has 0 bridgehead atoms. The van der Waals surface area contributed by atoms with Crippen LogP contribution in [0.15, 0.2) is 133 Å². The first-order valence-corrected chi connectivity index (χ1v) is 59.0. The minimum absolute atomic E-state index is 0.226. The zero-order valence-corrected chi connectivity index (χ0v) is 95.0. The van der Waals surface area contributed by atoms with Crippen molar-refractivity contribution in [3.05, 3.63) is 243 Å². The lowest BCUT2D eigenvalue weighted by Gasteiger charge is -2.38. The molecule has 728 valence electrons. The number of halogens is 12. The number of aryl methyl sites for hydroxylation is 8. The molecular formula is C112H132Br8Cl4N8O4. The molecule has 0 radical (unpaired) electrons. The number of carbonyl (C=O) groups excluding carboxylic acids is 4. The third-order valence-corrected chi connectivity index (χ3v) is 38.4. The van der Waals surface area contributed by atoms with Crippen LogP contribution >= 0.6 is 174 Å². The number of carbonyl (C=O) groups is 4. The van der Waals surface area contributed by atoms with E-state index in [1.54, 1.807) is 0 Å². The van der Waals surface area contributed by atoms with Gasteiger partial charge in [-0.25, -0.2) is 0 Å². The third kappa shape index (κ3) is 25.5. The van der Waals surface area contributed by atoms with Crippen molar-refractivity contribution in [2.24, 2.45) is 71.0 Å². The molecule has 4 aliphatic heterocycles. The second-order valence-electron chi connectivity index (χ2n) is 42.8. The van der Waals surface area contributed by atoms with E-state index in [0.29, 0.717) is 71.0 Å². The Kier molecular flexibility index (Phi) is 36.4. The predicted molar refractivity (Wildman–Crippen MR) is 582 cm³/mol. The molecule has 136 heavy (non-hydrogen) atoms. The molecule has 0 spiro atoms. The Labute approximate surface area is 895 Å². The van der Waals surface area contributed by atoms with Crippen LogP contribution in [-0.4, -0.2) is 116 Å². The van der Waals surface area contributed by atoms with Gasteiger partial charge in [-0.1, -0.05) is 189 Å². The van der Waals surface area contributed by atoms with Gasteiger partial charge in [-0.15, -0.1) is 0 Å². The quantitative estimate of drug-likeness (QED) is 0.118. The van der Waals surface area contributed by atoms with Gasteiger partial charge >= 0.3 is 0 Å². The van der Waals surface area contributed by atoms with Gasteiger partial charge in [0.1, 0.15) is 0 Å². The van der Waals surface area contributed by atoms with Crippen molar-refractivity contribution in [2.45, 2.75) is 283 Å². The monoisotopic (exact) mass is 2420 g/mol. The van der Waals surface area contributed by atoms with E-state index < -0.39 is 0 Å². The molecule has 8 fully saturated rings. The molecule has 24 heteroatoms. The molecule has 3 unspecified atom stereocenters. The molecule has 12 nitrogen and oxygen atoms in total. The largest absolute Gasteiger partial charge is 0.343 e. The number of likely N-dealkylation sites (tertiary alicyclic amines) is 4. The summed E-state index contributed by atoms with van der Waals surface area (Å²) in [6.07, 6.45) is 46.8. The molecule has 8 heterocycles. The predicted octanol–water partition coefficient (Wildman–Crippen LogP) is 31.8. The highest BCUT2D eigenvalue weighted by Crippen LogP contribution is 2.53. The second kappa shape index (κ2) is 47.7. The number of rotatable bonds is 12. The van der Waals surface area contributed by atoms with Crippen LogP contribution in [0.5, 0.6) is 0 Å². The number of aromatic nitrogens is 4. The van der Waals surface area contributed by atoms with Gasteiger partial charge in [-0.2, -0.15) is 0 Å². The second-order valence-corrected chi connectivity index (χ2v) is 51.6. The van der Waals surface area contributed by atoms with Gasteiger partial charge in [0, 0.05) is 182 Å². The molecule has 4 amide bonds. The van der Waals surface area contributed by atoms with Crippen LogP contribution in [0.4, 0.5) is 0 Å². The molecule has 4 saturated heterocycles. The fourth-order valence-corrected chi connectivity index (χ4v) is 32.5. The highest BCUT2D eigenvalue weighted by atomic mass is 79.9. The van der Waals surface area contributed by atoms with Gasteiger partial charge in [0.2, 0.25) is 23.6 Å². The maximum Gasteiger partial charge on any atom is 0.222 e. The number of benzene rings is 4. The topological polar surface area (TPSA) is 133 Å². The van der Waals surface area contributed by atoms with Crippen molar-refractivity contribution in [1.29, 1.82) is 0 Å². The molecule has 12 atom stereocenters. The van der Waals surface area contributed by atoms with Gasteiger partial charge in [0.05, 0.1) is 22.8 Å². The smallest absolute Gasteiger partial charge is 0.222 e. The summed E-state index contributed by atoms with van der Waals surface area (Å²) >= 11 is 55.7. The van der Waals surface area contributed by atoms with Crippen LogP contribution in [-0.2, 0) is 70.5 Å². The summed E-state index contributed by atoms with van der Waals surface area (Å²) in [6.45, 7) is 16.2. The van der Waals surface area contributed by atoms with Crippen molar-refractivity contribution >= 4 is 197 Å². The van der Waals surface area contributed by atoms with E-state index in [-0.39, 0.29) is 23.7 Å². The Bertz CT molecular complexity index is 4940. The van der Waals surface area contributed by atoms with E-state index in [1.165, 1.54) is 192 Å². The summed E-state index contributed by atoms with van der Waals surface area (Å²) < 4.78 is 8.47. The average Bonchev–Trinajstić information content (AvgIpc) is 1.59. The molecular weight excluding hydrogens is 2300 g/mol. The van der Waals surface area contributed by atoms with E-state index in [0.717, 1.165) is 260 Å². The molecule has 0 N–H and O–H groups in total. The Morgan fingerprint density at radius 2 is 0.463 bits per heavy atom. The van der Waals surface area contributed by atoms with E-state index in [4.69, 9.17) is 66.3 Å². The summed E-state index contributed by atoms with van der Waals surface area (Å²) in [7, 11) is 0. The fourth-order valence-electron chi connectivity index (χ4n) is 26.5. The summed E-state index contributed by atoms with van der Waals surface area (Å²) in [5.74, 6) is 9.62. The first-order chi connectivity index (χ1) is 65.5. The minimum Gasteiger partial charge on any atom is -0.343 e. The van der Waals surface area contributed by atoms with Crippen LogP contribution < -0.4 is 0 Å². The molecule has 12 aliphatic rings. The molecule has 8 aliphatic carbocycles. The van der Waals surface area contributed by atoms with Crippen LogP contribution in [0.3, 0.4) is 0 Å². The van der Waals surface area contributed by atoms with E-state index in [2.05, 4.69) is 223 Å². The summed E-state index contributed by atoms with van der Waals surface area (Å²) in [5.41, 5.74) is 20.8. The molecule has 4 aromatic carbocycles. The lowest BCUT2D eigenvalue weighted by Crippen LogP contribution is -2.41. The number of hydrogen-bond acceptors (Lipinski definition) is 8. The van der Waals surface area contributed by atoms with Crippen molar-refractivity contribution in [2.75, 3.05) is 52.4 Å². The summed E-state index contributed by atoms with van der Waals surface area (Å²) in [4.78, 5) is 80.9. The Morgan fingerprint density at radius 3 is 0.654 bits per heavy atom. The van der Waals surface area contributed by atoms with Gasteiger partial charge < -0.3 is 19.6 Å². The highest BCUT2D eigenvalue weighted by molar-refractivity contribution is 9.11. The summed E-state index contributed by atoms with van der Waals surface area (Å²) in [6, 6.07) is 25.6. The van der Waals surface area contributed by atoms with Gasteiger partial charge in [0.25, 0.3) is 0 Å². The standard InChI is InChI=1S/4C28H33Br2ClN2O/c4*1-17-3-2-4-18(11-17)12-25(34)33-9-7-19(8-10-33)27-26-20(14-23(31)15-24(26)30)5-6-21-13-22(29)16-32-28(21)27/h4*13-19,27H,2-12H2,1H3/t17-,18?,27+;2*17-,18?,27-;17-,18-,27+/m0110/s1. The first-order valence-electron chi connectivity index (χ1n) is 51.1. The molecule has 20 rings (SSSR count). The number of hydrogen-bond donors (Lipinski definition) is 0. The van der Waals surface area contributed by atoms with Crippen molar-refractivity contribution < 1.29 is 19.2 Å². The minimum atomic E-state index is 0.226. The van der Waals surface area contributed by atoms with Crippen molar-refractivity contribution in [1.82, 2.24) is 39.5 Å².